The van der Waals surface area contributed by atoms with Gasteiger partial charge in [-0.25, -0.2) is 4.98 Å². The number of H-pyrrole nitrogens is 1. The van der Waals surface area contributed by atoms with E-state index < -0.39 is 0 Å². The fraction of sp³-hybridized carbons (Fsp3) is 0.231. The van der Waals surface area contributed by atoms with E-state index in [0.29, 0.717) is 25.4 Å². The number of imidazole rings is 1. The van der Waals surface area contributed by atoms with E-state index in [9.17, 15) is 4.79 Å². The number of nitrogens with one attached hydrogen (secondary N) is 2. The molecule has 0 unspecified atom stereocenters. The van der Waals surface area contributed by atoms with Crippen molar-refractivity contribution in [3.05, 3.63) is 89.7 Å². The third-order valence-corrected chi connectivity index (χ3v) is 5.53. The molecule has 1 aliphatic rings. The monoisotopic (exact) mass is 427 g/mol. The van der Waals surface area contributed by atoms with Crippen molar-refractivity contribution in [1.29, 1.82) is 0 Å². The average Bonchev–Trinajstić information content (AvgIpc) is 3.11. The number of aromatic amines is 1. The van der Waals surface area contributed by atoms with Crippen LogP contribution in [-0.4, -0.2) is 29.1 Å². The Bertz CT molecular complexity index is 1190. The van der Waals surface area contributed by atoms with Crippen molar-refractivity contribution in [3.63, 3.8) is 0 Å². The lowest BCUT2D eigenvalue weighted by atomic mass is 10.0. The van der Waals surface area contributed by atoms with Gasteiger partial charge in [-0.2, -0.15) is 0 Å². The number of carbonyl (C=O) groups excluding carboxylic acids is 1. The number of aromatic nitrogens is 2. The lowest BCUT2D eigenvalue weighted by Gasteiger charge is -2.17. The lowest BCUT2D eigenvalue weighted by Crippen LogP contribution is -2.32. The lowest BCUT2D eigenvalue weighted by molar-refractivity contribution is -0.121. The van der Waals surface area contributed by atoms with Gasteiger partial charge >= 0.3 is 0 Å². The minimum atomic E-state index is -0.266. The molecule has 32 heavy (non-hydrogen) atoms. The van der Waals surface area contributed by atoms with Crippen LogP contribution in [0.5, 0.6) is 11.5 Å². The largest absolute Gasteiger partial charge is 0.490 e. The Labute approximate surface area is 186 Å². The maximum atomic E-state index is 13.0. The maximum absolute atomic E-state index is 13.0. The van der Waals surface area contributed by atoms with E-state index in [1.54, 1.807) is 0 Å². The second-order valence-corrected chi connectivity index (χ2v) is 7.96. The molecule has 6 nitrogen and oxygen atoms in total. The Morgan fingerprint density at radius 3 is 2.56 bits per heavy atom. The van der Waals surface area contributed by atoms with E-state index in [2.05, 4.69) is 22.4 Å². The number of carbonyl (C=O) groups is 1. The van der Waals surface area contributed by atoms with Crippen molar-refractivity contribution < 1.29 is 14.3 Å². The number of amides is 1. The first-order chi connectivity index (χ1) is 15.7. The molecule has 2 heterocycles. The summed E-state index contributed by atoms with van der Waals surface area (Å²) in [5.41, 5.74) is 3.86. The van der Waals surface area contributed by atoms with Gasteiger partial charge < -0.3 is 19.8 Å². The number of fused-ring (bicyclic) bond motifs is 2. The smallest absolute Gasteiger partial charge is 0.225 e. The van der Waals surface area contributed by atoms with Crippen LogP contribution < -0.4 is 14.8 Å². The van der Waals surface area contributed by atoms with Crippen LogP contribution in [-0.2, 0) is 17.6 Å². The zero-order valence-electron chi connectivity index (χ0n) is 17.7. The molecule has 2 N–H and O–H groups in total. The number of nitrogens with zero attached hydrogens (tertiary/aromatic N) is 1. The zero-order valence-corrected chi connectivity index (χ0v) is 17.7. The molecule has 0 fully saturated rings. The number of rotatable bonds is 6. The molecule has 1 atom stereocenters. The van der Waals surface area contributed by atoms with Crippen LogP contribution in [0.25, 0.3) is 11.0 Å². The van der Waals surface area contributed by atoms with Gasteiger partial charge in [-0.15, -0.1) is 0 Å². The Kier molecular flexibility index (Phi) is 5.75. The molecule has 5 rings (SSSR count). The SMILES string of the molecule is O=C(Cc1ccc2c(c1)OCCCO2)N[C@@H](Cc1ccccc1)c1nc2ccccc2[nH]1. The van der Waals surface area contributed by atoms with Gasteiger partial charge in [-0.3, -0.25) is 4.79 Å². The summed E-state index contributed by atoms with van der Waals surface area (Å²) < 4.78 is 11.5. The van der Waals surface area contributed by atoms with Crippen molar-refractivity contribution in [2.24, 2.45) is 0 Å². The molecule has 4 aromatic rings. The minimum Gasteiger partial charge on any atom is -0.490 e. The highest BCUT2D eigenvalue weighted by Crippen LogP contribution is 2.30. The van der Waals surface area contributed by atoms with E-state index in [0.717, 1.165) is 40.2 Å². The second kappa shape index (κ2) is 9.14. The Morgan fingerprint density at radius 1 is 0.938 bits per heavy atom. The van der Waals surface area contributed by atoms with Crippen LogP contribution in [0, 0.1) is 0 Å². The van der Waals surface area contributed by atoms with Gasteiger partial charge in [0.25, 0.3) is 0 Å². The Hall–Kier alpha value is -3.80. The highest BCUT2D eigenvalue weighted by atomic mass is 16.5. The molecular formula is C26H25N3O3. The first-order valence-electron chi connectivity index (χ1n) is 10.9. The first-order valence-corrected chi connectivity index (χ1v) is 10.9. The molecule has 0 aliphatic carbocycles. The highest BCUT2D eigenvalue weighted by Gasteiger charge is 2.20. The van der Waals surface area contributed by atoms with Crippen LogP contribution in [0.1, 0.15) is 29.4 Å². The van der Waals surface area contributed by atoms with Crippen LogP contribution in [0.2, 0.25) is 0 Å². The summed E-state index contributed by atoms with van der Waals surface area (Å²) in [7, 11) is 0. The molecule has 1 aliphatic heterocycles. The van der Waals surface area contributed by atoms with Crippen molar-refractivity contribution in [2.75, 3.05) is 13.2 Å². The van der Waals surface area contributed by atoms with Crippen molar-refractivity contribution in [1.82, 2.24) is 15.3 Å². The van der Waals surface area contributed by atoms with Gasteiger partial charge in [0.05, 0.1) is 36.7 Å². The molecule has 0 radical (unpaired) electrons. The van der Waals surface area contributed by atoms with E-state index >= 15 is 0 Å². The second-order valence-electron chi connectivity index (χ2n) is 7.96. The molecule has 162 valence electrons. The summed E-state index contributed by atoms with van der Waals surface area (Å²) in [6.45, 7) is 1.26. The molecule has 1 amide bonds. The number of benzene rings is 3. The van der Waals surface area contributed by atoms with Gasteiger partial charge in [0, 0.05) is 6.42 Å². The van der Waals surface area contributed by atoms with Crippen molar-refractivity contribution in [2.45, 2.75) is 25.3 Å². The minimum absolute atomic E-state index is 0.0686. The molecule has 3 aromatic carbocycles. The molecule has 0 bridgehead atoms. The van der Waals surface area contributed by atoms with Gasteiger partial charge in [-0.1, -0.05) is 48.5 Å². The third-order valence-electron chi connectivity index (χ3n) is 5.53. The number of para-hydroxylation sites is 2. The summed E-state index contributed by atoms with van der Waals surface area (Å²) in [6, 6.07) is 23.4. The molecule has 1 aromatic heterocycles. The topological polar surface area (TPSA) is 76.2 Å². The van der Waals surface area contributed by atoms with Crippen LogP contribution in [0.15, 0.2) is 72.8 Å². The fourth-order valence-electron chi connectivity index (χ4n) is 3.95. The predicted molar refractivity (Wildman–Crippen MR) is 123 cm³/mol. The fourth-order valence-corrected chi connectivity index (χ4v) is 3.95. The van der Waals surface area contributed by atoms with Crippen molar-refractivity contribution >= 4 is 16.9 Å². The molecule has 0 spiro atoms. The van der Waals surface area contributed by atoms with Crippen LogP contribution in [0.4, 0.5) is 0 Å². The first kappa shape index (κ1) is 20.1. The van der Waals surface area contributed by atoms with Gasteiger partial charge in [0.2, 0.25) is 5.91 Å². The van der Waals surface area contributed by atoms with E-state index in [1.807, 2.05) is 60.7 Å². The van der Waals surface area contributed by atoms with E-state index in [4.69, 9.17) is 14.5 Å². The molecule has 6 heteroatoms. The Morgan fingerprint density at radius 2 is 1.72 bits per heavy atom. The van der Waals surface area contributed by atoms with Gasteiger partial charge in [0.1, 0.15) is 5.82 Å². The molecule has 0 saturated heterocycles. The maximum Gasteiger partial charge on any atom is 0.225 e. The average molecular weight is 428 g/mol. The summed E-state index contributed by atoms with van der Waals surface area (Å²) in [5.74, 6) is 2.12. The quantitative estimate of drug-likeness (QED) is 0.479. The number of ether oxygens (including phenoxy) is 2. The summed E-state index contributed by atoms with van der Waals surface area (Å²) in [5, 5.41) is 3.18. The van der Waals surface area contributed by atoms with E-state index in [-0.39, 0.29) is 18.4 Å². The van der Waals surface area contributed by atoms with E-state index in [1.165, 1.54) is 0 Å². The molecule has 0 saturated carbocycles. The van der Waals surface area contributed by atoms with Crippen LogP contribution >= 0.6 is 0 Å². The Balaban J connectivity index is 1.36. The highest BCUT2D eigenvalue weighted by molar-refractivity contribution is 5.80. The van der Waals surface area contributed by atoms with Gasteiger partial charge in [0.15, 0.2) is 11.5 Å². The number of hydrogen-bond acceptors (Lipinski definition) is 4. The van der Waals surface area contributed by atoms with Crippen LogP contribution in [0.3, 0.4) is 0 Å². The summed E-state index contributed by atoms with van der Waals surface area (Å²) >= 11 is 0. The number of hydrogen-bond donors (Lipinski definition) is 2. The third kappa shape index (κ3) is 4.59. The summed E-state index contributed by atoms with van der Waals surface area (Å²) in [6.07, 6.45) is 1.75. The predicted octanol–water partition coefficient (Wildman–Crippen LogP) is 4.37. The summed E-state index contributed by atoms with van der Waals surface area (Å²) in [4.78, 5) is 21.1. The zero-order chi connectivity index (χ0) is 21.8. The van der Waals surface area contributed by atoms with Crippen molar-refractivity contribution in [3.8, 4) is 11.5 Å². The van der Waals surface area contributed by atoms with Gasteiger partial charge in [-0.05, 0) is 41.8 Å². The molecular weight excluding hydrogens is 402 g/mol. The standard InChI is InChI=1S/C26H25N3O3/c30-25(17-19-11-12-23-24(16-19)32-14-6-13-31-23)27-22(15-18-7-2-1-3-8-18)26-28-20-9-4-5-10-21(20)29-26/h1-5,7-12,16,22H,6,13-15,17H2,(H,27,30)(H,28,29)/t22-/m0/s1. The normalized spacial score (nSPS) is 14.0.